The quantitative estimate of drug-likeness (QED) is 0.714. The van der Waals surface area contributed by atoms with Gasteiger partial charge in [-0.3, -0.25) is 9.69 Å². The number of amides is 1. The summed E-state index contributed by atoms with van der Waals surface area (Å²) < 4.78 is 12.9. The number of tetrazole rings is 1. The van der Waals surface area contributed by atoms with E-state index in [1.165, 1.54) is 6.26 Å². The Morgan fingerprint density at radius 2 is 2.18 bits per heavy atom. The molecule has 2 aliphatic heterocycles. The second kappa shape index (κ2) is 8.83. The third-order valence-corrected chi connectivity index (χ3v) is 5.59. The predicted octanol–water partition coefficient (Wildman–Crippen LogP) is 1.74. The van der Waals surface area contributed by atoms with Crippen LogP contribution in [0.5, 0.6) is 0 Å². The van der Waals surface area contributed by atoms with Gasteiger partial charge < -0.3 is 14.1 Å². The van der Waals surface area contributed by atoms with Gasteiger partial charge in [-0.2, -0.15) is 0 Å². The van der Waals surface area contributed by atoms with Crippen LogP contribution >= 0.6 is 0 Å². The van der Waals surface area contributed by atoms with Gasteiger partial charge in [0.2, 0.25) is 0 Å². The van der Waals surface area contributed by atoms with Crippen molar-refractivity contribution in [3.63, 3.8) is 0 Å². The molecule has 0 radical (unpaired) electrons. The summed E-state index contributed by atoms with van der Waals surface area (Å²) in [6.07, 6.45) is 5.93. The number of furan rings is 1. The maximum atomic E-state index is 12.5. The van der Waals surface area contributed by atoms with E-state index >= 15 is 0 Å². The highest BCUT2D eigenvalue weighted by Crippen LogP contribution is 2.26. The van der Waals surface area contributed by atoms with Crippen LogP contribution in [0.25, 0.3) is 0 Å². The Morgan fingerprint density at radius 1 is 1.32 bits per heavy atom. The first kappa shape index (κ1) is 19.1. The smallest absolute Gasteiger partial charge is 0.289 e. The Bertz CT molecular complexity index is 748. The van der Waals surface area contributed by atoms with Crippen LogP contribution in [0.2, 0.25) is 0 Å². The van der Waals surface area contributed by atoms with Crippen LogP contribution in [-0.2, 0) is 11.3 Å². The number of carbonyl (C=O) groups excluding carboxylic acids is 1. The molecule has 0 bridgehead atoms. The SMILES string of the molecule is CCC[C@H](c1nnnn1C[C@H]1CCCO1)N1CCN(C(=O)c2ccco2)CC1. The van der Waals surface area contributed by atoms with Gasteiger partial charge in [0.15, 0.2) is 11.6 Å². The average Bonchev–Trinajstić information content (AvgIpc) is 3.49. The summed E-state index contributed by atoms with van der Waals surface area (Å²) in [4.78, 5) is 16.8. The normalized spacial score (nSPS) is 21.9. The van der Waals surface area contributed by atoms with Crippen LogP contribution in [0.3, 0.4) is 0 Å². The van der Waals surface area contributed by atoms with Crippen molar-refractivity contribution >= 4 is 5.91 Å². The van der Waals surface area contributed by atoms with Gasteiger partial charge in [-0.05, 0) is 41.8 Å². The van der Waals surface area contributed by atoms with Crippen LogP contribution in [0, 0.1) is 0 Å². The first-order chi connectivity index (χ1) is 13.8. The second-order valence-electron chi connectivity index (χ2n) is 7.46. The molecule has 9 nitrogen and oxygen atoms in total. The number of aromatic nitrogens is 4. The van der Waals surface area contributed by atoms with E-state index in [1.54, 1.807) is 12.1 Å². The number of hydrogen-bond acceptors (Lipinski definition) is 7. The number of ether oxygens (including phenoxy) is 1. The Kier molecular flexibility index (Phi) is 6.01. The standard InChI is InChI=1S/C19H28N6O3/c1-2-5-16(18-20-21-22-25(18)14-15-6-3-12-27-15)23-8-10-24(11-9-23)19(26)17-7-4-13-28-17/h4,7,13,15-16H,2-3,5-6,8-12,14H2,1H3/t15-,16-/m1/s1. The molecule has 152 valence electrons. The molecule has 0 unspecified atom stereocenters. The highest BCUT2D eigenvalue weighted by molar-refractivity contribution is 5.91. The molecule has 0 spiro atoms. The minimum absolute atomic E-state index is 0.0418. The molecule has 2 aromatic heterocycles. The molecule has 2 aliphatic rings. The molecule has 28 heavy (non-hydrogen) atoms. The monoisotopic (exact) mass is 388 g/mol. The fourth-order valence-electron chi connectivity index (χ4n) is 4.10. The molecular formula is C19H28N6O3. The van der Waals surface area contributed by atoms with E-state index in [0.29, 0.717) is 25.4 Å². The van der Waals surface area contributed by atoms with Gasteiger partial charge >= 0.3 is 0 Å². The van der Waals surface area contributed by atoms with Crippen molar-refractivity contribution in [3.05, 3.63) is 30.0 Å². The molecule has 0 aliphatic carbocycles. The lowest BCUT2D eigenvalue weighted by Crippen LogP contribution is -2.50. The van der Waals surface area contributed by atoms with Crippen molar-refractivity contribution < 1.29 is 13.9 Å². The van der Waals surface area contributed by atoms with Gasteiger partial charge in [0.05, 0.1) is 25.0 Å². The molecule has 2 saturated heterocycles. The van der Waals surface area contributed by atoms with Crippen LogP contribution in [0.4, 0.5) is 0 Å². The van der Waals surface area contributed by atoms with Crippen molar-refractivity contribution in [3.8, 4) is 0 Å². The minimum atomic E-state index is -0.0418. The number of nitrogens with zero attached hydrogens (tertiary/aromatic N) is 6. The lowest BCUT2D eigenvalue weighted by molar-refractivity contribution is 0.0503. The third-order valence-electron chi connectivity index (χ3n) is 5.59. The van der Waals surface area contributed by atoms with Gasteiger partial charge in [-0.15, -0.1) is 5.10 Å². The predicted molar refractivity (Wildman–Crippen MR) is 101 cm³/mol. The van der Waals surface area contributed by atoms with E-state index in [-0.39, 0.29) is 18.1 Å². The number of carbonyl (C=O) groups is 1. The Morgan fingerprint density at radius 3 is 2.86 bits per heavy atom. The molecule has 4 heterocycles. The van der Waals surface area contributed by atoms with E-state index < -0.39 is 0 Å². The molecule has 2 aromatic rings. The molecule has 4 rings (SSSR count). The van der Waals surface area contributed by atoms with Gasteiger partial charge in [0.25, 0.3) is 5.91 Å². The van der Waals surface area contributed by atoms with Gasteiger partial charge in [-0.1, -0.05) is 13.3 Å². The Balaban J connectivity index is 1.42. The highest BCUT2D eigenvalue weighted by atomic mass is 16.5. The average molecular weight is 388 g/mol. The van der Waals surface area contributed by atoms with Gasteiger partial charge in [-0.25, -0.2) is 4.68 Å². The number of rotatable bonds is 7. The van der Waals surface area contributed by atoms with Crippen molar-refractivity contribution in [1.29, 1.82) is 0 Å². The van der Waals surface area contributed by atoms with Crippen molar-refractivity contribution in [2.45, 2.75) is 51.3 Å². The molecule has 0 aromatic carbocycles. The first-order valence-corrected chi connectivity index (χ1v) is 10.2. The lowest BCUT2D eigenvalue weighted by atomic mass is 10.1. The molecule has 0 saturated carbocycles. The maximum absolute atomic E-state index is 12.5. The molecule has 1 amide bonds. The molecule has 0 N–H and O–H groups in total. The van der Waals surface area contributed by atoms with E-state index in [9.17, 15) is 4.79 Å². The Hall–Kier alpha value is -2.26. The lowest BCUT2D eigenvalue weighted by Gasteiger charge is -2.38. The zero-order chi connectivity index (χ0) is 19.3. The fraction of sp³-hybridized carbons (Fsp3) is 0.684. The molecule has 2 fully saturated rings. The van der Waals surface area contributed by atoms with Crippen molar-refractivity contribution in [2.75, 3.05) is 32.8 Å². The summed E-state index contributed by atoms with van der Waals surface area (Å²) >= 11 is 0. The first-order valence-electron chi connectivity index (χ1n) is 10.2. The topological polar surface area (TPSA) is 89.5 Å². The van der Waals surface area contributed by atoms with Crippen molar-refractivity contribution in [1.82, 2.24) is 30.0 Å². The van der Waals surface area contributed by atoms with Gasteiger partial charge in [0, 0.05) is 32.8 Å². The van der Waals surface area contributed by atoms with E-state index in [2.05, 4.69) is 27.3 Å². The minimum Gasteiger partial charge on any atom is -0.459 e. The zero-order valence-electron chi connectivity index (χ0n) is 16.4. The van der Waals surface area contributed by atoms with Gasteiger partial charge in [0.1, 0.15) is 0 Å². The molecule has 2 atom stereocenters. The summed E-state index contributed by atoms with van der Waals surface area (Å²) in [6, 6.07) is 3.62. The third kappa shape index (κ3) is 4.10. The zero-order valence-corrected chi connectivity index (χ0v) is 16.4. The summed E-state index contributed by atoms with van der Waals surface area (Å²) in [6.45, 7) is 6.65. The largest absolute Gasteiger partial charge is 0.459 e. The van der Waals surface area contributed by atoms with Crippen LogP contribution in [0.1, 0.15) is 55.0 Å². The molecular weight excluding hydrogens is 360 g/mol. The van der Waals surface area contributed by atoms with Crippen LogP contribution < -0.4 is 0 Å². The molecule has 9 heteroatoms. The summed E-state index contributed by atoms with van der Waals surface area (Å²) in [5, 5.41) is 12.5. The number of hydrogen-bond donors (Lipinski definition) is 0. The maximum Gasteiger partial charge on any atom is 0.289 e. The van der Waals surface area contributed by atoms with E-state index in [1.807, 2.05) is 9.58 Å². The second-order valence-corrected chi connectivity index (χ2v) is 7.46. The van der Waals surface area contributed by atoms with E-state index in [0.717, 1.165) is 51.2 Å². The Labute approximate surface area is 164 Å². The summed E-state index contributed by atoms with van der Waals surface area (Å²) in [5.74, 6) is 1.27. The van der Waals surface area contributed by atoms with Crippen LogP contribution in [-0.4, -0.2) is 74.8 Å². The fourth-order valence-corrected chi connectivity index (χ4v) is 4.10. The summed E-state index contributed by atoms with van der Waals surface area (Å²) in [7, 11) is 0. The van der Waals surface area contributed by atoms with E-state index in [4.69, 9.17) is 9.15 Å². The highest BCUT2D eigenvalue weighted by Gasteiger charge is 2.31. The summed E-state index contributed by atoms with van der Waals surface area (Å²) in [5.41, 5.74) is 0. The van der Waals surface area contributed by atoms with Crippen molar-refractivity contribution in [2.24, 2.45) is 0 Å². The van der Waals surface area contributed by atoms with Crippen LogP contribution in [0.15, 0.2) is 22.8 Å². The number of piperazine rings is 1.